The Bertz CT molecular complexity index is 1470. The molecule has 3 aromatic rings. The van der Waals surface area contributed by atoms with Crippen molar-refractivity contribution >= 4 is 35.3 Å². The standard InChI is InChI=1S/C27H24N6O5/c1-27(2,17-5-3-15(4-6-17)16-12-28-14-29-13-16)32-26(38)30-18-7-8-19-20(11-18)25(37)33(24(19)36)21-9-10-22(34)31-23(21)35/h3-8,11-14,21H,9-10H2,1-2H3,(H2,30,32,38)(H,31,34,35). The Morgan fingerprint density at radius 1 is 0.947 bits per heavy atom. The minimum atomic E-state index is -1.05. The number of imide groups is 2. The smallest absolute Gasteiger partial charge is 0.319 e. The van der Waals surface area contributed by atoms with E-state index in [0.29, 0.717) is 5.69 Å². The molecule has 1 atom stereocenters. The van der Waals surface area contributed by atoms with Crippen molar-refractivity contribution in [2.45, 2.75) is 38.3 Å². The van der Waals surface area contributed by atoms with Crippen LogP contribution in [0.2, 0.25) is 0 Å². The summed E-state index contributed by atoms with van der Waals surface area (Å²) in [5.41, 5.74) is 2.47. The SMILES string of the molecule is CC(C)(NC(=O)Nc1ccc2c(c1)C(=O)N(C1CCC(=O)NC1=O)C2=O)c1ccc(-c2cncnc2)cc1. The number of carbonyl (C=O) groups excluding carboxylic acids is 5. The largest absolute Gasteiger partial charge is 0.329 e. The van der Waals surface area contributed by atoms with E-state index >= 15 is 0 Å². The fourth-order valence-electron chi connectivity index (χ4n) is 4.59. The first-order chi connectivity index (χ1) is 18.1. The maximum atomic E-state index is 13.0. The quantitative estimate of drug-likeness (QED) is 0.445. The number of amides is 6. The van der Waals surface area contributed by atoms with Crippen LogP contribution < -0.4 is 16.0 Å². The van der Waals surface area contributed by atoms with Gasteiger partial charge in [-0.2, -0.15) is 0 Å². The molecule has 0 saturated carbocycles. The summed E-state index contributed by atoms with van der Waals surface area (Å²) in [6.45, 7) is 3.71. The van der Waals surface area contributed by atoms with Crippen molar-refractivity contribution in [2.24, 2.45) is 0 Å². The fraction of sp³-hybridized carbons (Fsp3) is 0.222. The number of urea groups is 1. The molecule has 0 spiro atoms. The van der Waals surface area contributed by atoms with Crippen molar-refractivity contribution < 1.29 is 24.0 Å². The summed E-state index contributed by atoms with van der Waals surface area (Å²) in [6.07, 6.45) is 5.01. The van der Waals surface area contributed by atoms with Gasteiger partial charge in [0.1, 0.15) is 12.4 Å². The first kappa shape index (κ1) is 24.8. The molecule has 2 aliphatic rings. The third-order valence-corrected chi connectivity index (χ3v) is 6.62. The van der Waals surface area contributed by atoms with Crippen LogP contribution in [0.4, 0.5) is 10.5 Å². The molecular weight excluding hydrogens is 488 g/mol. The van der Waals surface area contributed by atoms with E-state index in [9.17, 15) is 24.0 Å². The lowest BCUT2D eigenvalue weighted by Crippen LogP contribution is -2.54. The van der Waals surface area contributed by atoms with Gasteiger partial charge in [-0.05, 0) is 49.6 Å². The van der Waals surface area contributed by atoms with Gasteiger partial charge in [-0.25, -0.2) is 14.8 Å². The number of hydrogen-bond donors (Lipinski definition) is 3. The number of piperidine rings is 1. The normalized spacial score (nSPS) is 17.2. The number of benzene rings is 2. The van der Waals surface area contributed by atoms with Crippen LogP contribution in [-0.2, 0) is 15.1 Å². The fourth-order valence-corrected chi connectivity index (χ4v) is 4.59. The van der Waals surface area contributed by atoms with Gasteiger partial charge in [-0.1, -0.05) is 24.3 Å². The third kappa shape index (κ3) is 4.61. The Morgan fingerprint density at radius 3 is 2.32 bits per heavy atom. The van der Waals surface area contributed by atoms with Crippen LogP contribution in [0.5, 0.6) is 0 Å². The van der Waals surface area contributed by atoms with E-state index in [0.717, 1.165) is 21.6 Å². The third-order valence-electron chi connectivity index (χ3n) is 6.62. The van der Waals surface area contributed by atoms with Crippen LogP contribution in [0.3, 0.4) is 0 Å². The van der Waals surface area contributed by atoms with Crippen LogP contribution in [0.1, 0.15) is 53.0 Å². The molecule has 0 radical (unpaired) electrons. The van der Waals surface area contributed by atoms with E-state index in [-0.39, 0.29) is 24.0 Å². The van der Waals surface area contributed by atoms with Crippen molar-refractivity contribution in [1.29, 1.82) is 0 Å². The first-order valence-electron chi connectivity index (χ1n) is 11.9. The highest BCUT2D eigenvalue weighted by atomic mass is 16.2. The Kier molecular flexibility index (Phi) is 6.19. The Hall–Kier alpha value is -4.93. The summed E-state index contributed by atoms with van der Waals surface area (Å²) in [6, 6.07) is 10.5. The topological polar surface area (TPSA) is 150 Å². The molecule has 2 aliphatic heterocycles. The van der Waals surface area contributed by atoms with Gasteiger partial charge in [0.2, 0.25) is 11.8 Å². The molecule has 1 fully saturated rings. The molecule has 192 valence electrons. The number of anilines is 1. The van der Waals surface area contributed by atoms with E-state index < -0.39 is 41.2 Å². The molecule has 1 unspecified atom stereocenters. The van der Waals surface area contributed by atoms with Gasteiger partial charge in [0.05, 0.1) is 16.7 Å². The molecule has 1 aromatic heterocycles. The van der Waals surface area contributed by atoms with Gasteiger partial charge in [0.15, 0.2) is 0 Å². The van der Waals surface area contributed by atoms with Crippen molar-refractivity contribution in [3.05, 3.63) is 77.9 Å². The van der Waals surface area contributed by atoms with Crippen molar-refractivity contribution in [3.8, 4) is 11.1 Å². The maximum absolute atomic E-state index is 13.0. The highest BCUT2D eigenvalue weighted by Crippen LogP contribution is 2.30. The first-order valence-corrected chi connectivity index (χ1v) is 11.9. The minimum absolute atomic E-state index is 0.0377. The van der Waals surface area contributed by atoms with Gasteiger partial charge < -0.3 is 10.6 Å². The minimum Gasteiger partial charge on any atom is -0.329 e. The number of hydrogen-bond acceptors (Lipinski definition) is 7. The Labute approximate surface area is 217 Å². The molecule has 11 heteroatoms. The zero-order chi connectivity index (χ0) is 27.0. The van der Waals surface area contributed by atoms with Crippen LogP contribution in [0, 0.1) is 0 Å². The zero-order valence-electron chi connectivity index (χ0n) is 20.6. The molecule has 3 heterocycles. The zero-order valence-corrected chi connectivity index (χ0v) is 20.6. The van der Waals surface area contributed by atoms with Gasteiger partial charge in [0, 0.05) is 30.1 Å². The number of aromatic nitrogens is 2. The molecule has 11 nitrogen and oxygen atoms in total. The van der Waals surface area contributed by atoms with Gasteiger partial charge in [-0.15, -0.1) is 0 Å². The lowest BCUT2D eigenvalue weighted by atomic mass is 9.93. The molecular formula is C27H24N6O5. The highest BCUT2D eigenvalue weighted by molar-refractivity contribution is 6.23. The molecule has 3 N–H and O–H groups in total. The van der Waals surface area contributed by atoms with Crippen molar-refractivity contribution in [3.63, 3.8) is 0 Å². The number of nitrogens with one attached hydrogen (secondary N) is 3. The monoisotopic (exact) mass is 512 g/mol. The second kappa shape index (κ2) is 9.51. The predicted octanol–water partition coefficient (Wildman–Crippen LogP) is 2.60. The van der Waals surface area contributed by atoms with Crippen LogP contribution in [0.25, 0.3) is 11.1 Å². The molecule has 38 heavy (non-hydrogen) atoms. The molecule has 5 rings (SSSR count). The number of rotatable bonds is 5. The van der Waals surface area contributed by atoms with E-state index in [1.54, 1.807) is 12.4 Å². The maximum Gasteiger partial charge on any atom is 0.319 e. The summed E-state index contributed by atoms with van der Waals surface area (Å²) in [7, 11) is 0. The number of nitrogens with zero attached hydrogens (tertiary/aromatic N) is 3. The molecule has 2 aromatic carbocycles. The second-order valence-electron chi connectivity index (χ2n) is 9.62. The lowest BCUT2D eigenvalue weighted by molar-refractivity contribution is -0.136. The van der Waals surface area contributed by atoms with E-state index in [1.165, 1.54) is 24.5 Å². The average Bonchev–Trinajstić information content (AvgIpc) is 3.13. The van der Waals surface area contributed by atoms with Crippen LogP contribution in [0.15, 0.2) is 61.2 Å². The summed E-state index contributed by atoms with van der Waals surface area (Å²) in [4.78, 5) is 71.3. The predicted molar refractivity (Wildman–Crippen MR) is 136 cm³/mol. The van der Waals surface area contributed by atoms with Gasteiger partial charge in [0.25, 0.3) is 11.8 Å². The van der Waals surface area contributed by atoms with Crippen molar-refractivity contribution in [2.75, 3.05) is 5.32 Å². The summed E-state index contributed by atoms with van der Waals surface area (Å²) in [5, 5.41) is 7.79. The summed E-state index contributed by atoms with van der Waals surface area (Å²) >= 11 is 0. The lowest BCUT2D eigenvalue weighted by Gasteiger charge is -2.27. The van der Waals surface area contributed by atoms with Gasteiger partial charge in [-0.3, -0.25) is 29.4 Å². The van der Waals surface area contributed by atoms with Crippen LogP contribution in [-0.4, -0.2) is 50.6 Å². The number of fused-ring (bicyclic) bond motifs is 1. The molecule has 1 saturated heterocycles. The Morgan fingerprint density at radius 2 is 1.63 bits per heavy atom. The molecule has 0 bridgehead atoms. The number of carbonyl (C=O) groups is 5. The van der Waals surface area contributed by atoms with Crippen LogP contribution >= 0.6 is 0 Å². The van der Waals surface area contributed by atoms with Gasteiger partial charge >= 0.3 is 6.03 Å². The van der Waals surface area contributed by atoms with E-state index in [1.807, 2.05) is 38.1 Å². The Balaban J connectivity index is 1.27. The van der Waals surface area contributed by atoms with Crippen molar-refractivity contribution in [1.82, 2.24) is 25.5 Å². The summed E-state index contributed by atoms with van der Waals surface area (Å²) < 4.78 is 0. The average molecular weight is 513 g/mol. The van der Waals surface area contributed by atoms with E-state index in [2.05, 4.69) is 25.9 Å². The van der Waals surface area contributed by atoms with E-state index in [4.69, 9.17) is 0 Å². The molecule has 0 aliphatic carbocycles. The summed E-state index contributed by atoms with van der Waals surface area (Å²) in [5.74, 6) is -2.37. The second-order valence-corrected chi connectivity index (χ2v) is 9.62. The molecule has 6 amide bonds. The highest BCUT2D eigenvalue weighted by Gasteiger charge is 2.44.